The zero-order chi connectivity index (χ0) is 23.6. The van der Waals surface area contributed by atoms with Crippen molar-refractivity contribution < 1.29 is 81.3 Å². The molecule has 4 N–H and O–H groups in total. The van der Waals surface area contributed by atoms with E-state index in [2.05, 4.69) is 18.3 Å². The molecule has 0 amide bonds. The van der Waals surface area contributed by atoms with Gasteiger partial charge in [-0.3, -0.25) is 13.7 Å². The predicted molar refractivity (Wildman–Crippen MR) is 99.9 cm³/mol. The molecule has 15 nitrogen and oxygen atoms in total. The molecule has 1 fully saturated rings. The maximum absolute atomic E-state index is 11.9. The molecular formula is C14H25N4NaO11P2. The Morgan fingerprint density at radius 2 is 1.81 bits per heavy atom. The summed E-state index contributed by atoms with van der Waals surface area (Å²) in [5, 5.41) is 20.2. The van der Waals surface area contributed by atoms with Gasteiger partial charge < -0.3 is 44.0 Å². The zero-order valence-electron chi connectivity index (χ0n) is 18.0. The molecule has 1 aliphatic heterocycles. The van der Waals surface area contributed by atoms with E-state index in [0.29, 0.717) is 4.48 Å². The third kappa shape index (κ3) is 8.85. The first-order chi connectivity index (χ1) is 14.1. The van der Waals surface area contributed by atoms with Crippen molar-refractivity contribution in [2.75, 3.05) is 46.6 Å². The van der Waals surface area contributed by atoms with Crippen LogP contribution in [0, 0.1) is 0 Å². The molecule has 0 bridgehead atoms. The minimum atomic E-state index is -5.43. The summed E-state index contributed by atoms with van der Waals surface area (Å²) >= 11 is 0. The van der Waals surface area contributed by atoms with Crippen LogP contribution >= 0.6 is 15.6 Å². The van der Waals surface area contributed by atoms with E-state index in [4.69, 9.17) is 10.5 Å². The van der Waals surface area contributed by atoms with Gasteiger partial charge in [0.25, 0.3) is 15.6 Å². The second kappa shape index (κ2) is 11.5. The number of hydrogen-bond donors (Lipinski definition) is 3. The molecule has 0 saturated carbocycles. The summed E-state index contributed by atoms with van der Waals surface area (Å²) in [5.41, 5.74) is 4.50. The first kappa shape index (κ1) is 29.8. The normalized spacial score (nSPS) is 27.3. The monoisotopic (exact) mass is 510 g/mol. The van der Waals surface area contributed by atoms with Crippen molar-refractivity contribution in [3.63, 3.8) is 0 Å². The largest absolute Gasteiger partial charge is 1.00 e. The number of hydrogen-bond acceptors (Lipinski definition) is 13. The average Bonchev–Trinajstić information content (AvgIpc) is 2.86. The number of phosphoric acid groups is 2. The fraction of sp³-hybridized carbons (Fsp3) is 0.714. The van der Waals surface area contributed by atoms with Crippen molar-refractivity contribution in [2.45, 2.75) is 24.5 Å². The average molecular weight is 510 g/mol. The molecule has 1 aliphatic rings. The fourth-order valence-electron chi connectivity index (χ4n) is 2.48. The third-order valence-corrected chi connectivity index (χ3v) is 6.64. The van der Waals surface area contributed by atoms with Crippen LogP contribution in [0.15, 0.2) is 17.1 Å². The summed E-state index contributed by atoms with van der Waals surface area (Å²) in [6, 6.07) is 1.25. The van der Waals surface area contributed by atoms with Gasteiger partial charge in [-0.05, 0) is 6.07 Å². The molecule has 2 rings (SSSR count). The van der Waals surface area contributed by atoms with Crippen LogP contribution in [0.1, 0.15) is 6.23 Å². The molecule has 1 aromatic heterocycles. The van der Waals surface area contributed by atoms with Crippen molar-refractivity contribution in [2.24, 2.45) is 0 Å². The molecule has 0 aliphatic carbocycles. The van der Waals surface area contributed by atoms with Crippen LogP contribution in [0.4, 0.5) is 5.82 Å². The predicted octanol–water partition coefficient (Wildman–Crippen LogP) is -5.86. The zero-order valence-corrected chi connectivity index (χ0v) is 21.8. The molecule has 178 valence electrons. The number of anilines is 1. The summed E-state index contributed by atoms with van der Waals surface area (Å²) in [4.78, 5) is 38.9. The Balaban J connectivity index is 0.00000512. The van der Waals surface area contributed by atoms with Gasteiger partial charge in [-0.25, -0.2) is 9.11 Å². The van der Waals surface area contributed by atoms with E-state index >= 15 is 0 Å². The van der Waals surface area contributed by atoms with Crippen LogP contribution in [0.5, 0.6) is 0 Å². The Bertz CT molecular complexity index is 927. The second-order valence-corrected chi connectivity index (χ2v) is 10.7. The van der Waals surface area contributed by atoms with E-state index in [1.165, 1.54) is 6.07 Å². The summed E-state index contributed by atoms with van der Waals surface area (Å²) in [5.74, 6) is -0.0793. The van der Waals surface area contributed by atoms with Crippen LogP contribution in [0.25, 0.3) is 0 Å². The Morgan fingerprint density at radius 1 is 1.22 bits per heavy atom. The summed E-state index contributed by atoms with van der Waals surface area (Å²) < 4.78 is 42.9. The molecule has 6 atom stereocenters. The van der Waals surface area contributed by atoms with Gasteiger partial charge in [-0.15, -0.1) is 0 Å². The van der Waals surface area contributed by atoms with Crippen LogP contribution in [-0.4, -0.2) is 83.5 Å². The number of nitrogens with zero attached hydrogens (tertiary/aromatic N) is 3. The number of ether oxygens (including phenoxy) is 1. The van der Waals surface area contributed by atoms with Gasteiger partial charge >= 0.3 is 35.2 Å². The van der Waals surface area contributed by atoms with Crippen molar-refractivity contribution in [3.8, 4) is 0 Å². The van der Waals surface area contributed by atoms with Gasteiger partial charge in [0.1, 0.15) is 37.3 Å². The number of quaternary nitrogens is 1. The Labute approximate surface area is 205 Å². The Hall–Kier alpha value is -0.220. The number of likely N-dealkylation sites (N-methyl/N-ethyl adjacent to an activating group) is 1. The Kier molecular flexibility index (Phi) is 10.7. The first-order valence-electron chi connectivity index (χ1n) is 8.89. The number of aliphatic hydroxyl groups excluding tert-OH is 2. The fourth-order valence-corrected chi connectivity index (χ4v) is 4.47. The maximum atomic E-state index is 11.9. The number of nitrogens with two attached hydrogens (primary N) is 1. The number of aliphatic hydroxyl groups is 2. The minimum absolute atomic E-state index is 0. The van der Waals surface area contributed by atoms with E-state index in [1.807, 2.05) is 0 Å². The third-order valence-electron chi connectivity index (χ3n) is 4.07. The molecule has 0 radical (unpaired) electrons. The topological polar surface area (TPSA) is 219 Å². The van der Waals surface area contributed by atoms with Gasteiger partial charge in [0.2, 0.25) is 0 Å². The number of aromatic nitrogens is 2. The van der Waals surface area contributed by atoms with Gasteiger partial charge in [-0.2, -0.15) is 4.98 Å². The molecule has 1 saturated heterocycles. The SMILES string of the molecule is C[N+](C)(C)CCOP(=O)([O-])OP(=O)([O-])OC[C@@H]1O[C@H](n2ccc(N)nc2=O)[C@@H](O)[C@H]1O.[Na+]. The second-order valence-electron chi connectivity index (χ2n) is 7.71. The molecule has 0 spiro atoms. The van der Waals surface area contributed by atoms with Crippen LogP contribution in [0.2, 0.25) is 0 Å². The van der Waals surface area contributed by atoms with Crippen molar-refractivity contribution in [1.82, 2.24) is 9.55 Å². The van der Waals surface area contributed by atoms with E-state index < -0.39 is 52.5 Å². The number of nitrogen functional groups attached to an aromatic ring is 1. The maximum Gasteiger partial charge on any atom is 1.00 e. The summed E-state index contributed by atoms with van der Waals surface area (Å²) in [7, 11) is -5.36. The van der Waals surface area contributed by atoms with E-state index in [0.717, 1.165) is 10.8 Å². The smallest absolute Gasteiger partial charge is 0.756 e. The molecule has 32 heavy (non-hydrogen) atoms. The van der Waals surface area contributed by atoms with Crippen molar-refractivity contribution in [1.29, 1.82) is 0 Å². The molecule has 2 unspecified atom stereocenters. The molecule has 18 heteroatoms. The van der Waals surface area contributed by atoms with Crippen LogP contribution in [0.3, 0.4) is 0 Å². The summed E-state index contributed by atoms with van der Waals surface area (Å²) in [6.07, 6.45) is -5.01. The van der Waals surface area contributed by atoms with Crippen molar-refractivity contribution >= 4 is 21.5 Å². The minimum Gasteiger partial charge on any atom is -0.756 e. The van der Waals surface area contributed by atoms with Gasteiger partial charge in [0, 0.05) is 6.20 Å². The number of rotatable bonds is 10. The molecule has 0 aromatic carbocycles. The molecule has 2 heterocycles. The van der Waals surface area contributed by atoms with Gasteiger partial charge in [0.15, 0.2) is 6.23 Å². The van der Waals surface area contributed by atoms with Gasteiger partial charge in [-0.1, -0.05) is 0 Å². The van der Waals surface area contributed by atoms with Crippen molar-refractivity contribution in [3.05, 3.63) is 22.7 Å². The molecule has 1 aromatic rings. The van der Waals surface area contributed by atoms with Crippen LogP contribution < -0.4 is 50.8 Å². The quantitative estimate of drug-likeness (QED) is 0.152. The molecular weight excluding hydrogens is 485 g/mol. The van der Waals surface area contributed by atoms with E-state index in [-0.39, 0.29) is 48.5 Å². The standard InChI is InChI=1S/C14H26N4O11P2.Na/c1-18(2,3)6-7-26-30(22,23)29-31(24,25)27-8-9-11(19)12(20)13(28-9)17-5-4-10(15)16-14(17)21;/h4-5,9,11-13,19-20H,6-8H2,1-3H3,(H3-,15,16,21,22,23,24,25);/q;+1/p-1/t9-,11-,12-,13-;/m0./s1. The van der Waals surface area contributed by atoms with E-state index in [1.54, 1.807) is 21.1 Å². The Morgan fingerprint density at radius 3 is 2.38 bits per heavy atom. The first-order valence-corrected chi connectivity index (χ1v) is 11.8. The summed E-state index contributed by atoms with van der Waals surface area (Å²) in [6.45, 7) is -0.987. The van der Waals surface area contributed by atoms with Gasteiger partial charge in [0.05, 0.1) is 27.7 Å². The number of phosphoric ester groups is 2. The van der Waals surface area contributed by atoms with Crippen LogP contribution in [-0.2, 0) is 27.2 Å². The van der Waals surface area contributed by atoms with E-state index in [9.17, 15) is 33.9 Å².